The third kappa shape index (κ3) is 4.10. The predicted molar refractivity (Wildman–Crippen MR) is 120 cm³/mol. The van der Waals surface area contributed by atoms with Gasteiger partial charge in [-0.15, -0.1) is 23.1 Å². The molecule has 0 radical (unpaired) electrons. The highest BCUT2D eigenvalue weighted by Crippen LogP contribution is 2.43. The molecule has 0 fully saturated rings. The Morgan fingerprint density at radius 3 is 2.61 bits per heavy atom. The number of benzene rings is 2. The highest BCUT2D eigenvalue weighted by atomic mass is 32.2. The van der Waals surface area contributed by atoms with Crippen LogP contribution in [0.15, 0.2) is 65.6 Å². The quantitative estimate of drug-likeness (QED) is 0.573. The van der Waals surface area contributed by atoms with E-state index in [1.807, 2.05) is 17.8 Å². The smallest absolute Gasteiger partial charge is 0.261 e. The van der Waals surface area contributed by atoms with Gasteiger partial charge in [0.25, 0.3) is 5.91 Å². The van der Waals surface area contributed by atoms with E-state index in [0.29, 0.717) is 11.8 Å². The molecule has 1 aliphatic rings. The standard InChI is InChI=1S/C23H24N2OS2/c1-3-17-8-10-18(11-9-17)14-24-23(26)21-12-13-22(28-21)25-15-16(2)27-20-7-5-4-6-19(20)25/h4-13,16H,3,14-15H2,1-2H3,(H,24,26). The Hall–Kier alpha value is -2.24. The zero-order chi connectivity index (χ0) is 19.5. The molecule has 3 aromatic rings. The molecule has 1 N–H and O–H groups in total. The van der Waals surface area contributed by atoms with Crippen LogP contribution in [0.1, 0.15) is 34.6 Å². The zero-order valence-corrected chi connectivity index (χ0v) is 17.8. The normalized spacial score (nSPS) is 15.9. The summed E-state index contributed by atoms with van der Waals surface area (Å²) in [6, 6.07) is 20.9. The molecule has 0 aliphatic carbocycles. The number of carbonyl (C=O) groups excluding carboxylic acids is 1. The molecule has 4 rings (SSSR count). The molecule has 2 heterocycles. The van der Waals surface area contributed by atoms with Crippen LogP contribution in [0, 0.1) is 0 Å². The van der Waals surface area contributed by atoms with Crippen LogP contribution >= 0.6 is 23.1 Å². The van der Waals surface area contributed by atoms with Gasteiger partial charge in [0.2, 0.25) is 0 Å². The highest BCUT2D eigenvalue weighted by Gasteiger charge is 2.24. The van der Waals surface area contributed by atoms with Gasteiger partial charge >= 0.3 is 0 Å². The summed E-state index contributed by atoms with van der Waals surface area (Å²) in [6.45, 7) is 5.90. The molecule has 0 saturated carbocycles. The molecule has 28 heavy (non-hydrogen) atoms. The fourth-order valence-electron chi connectivity index (χ4n) is 3.36. The topological polar surface area (TPSA) is 32.3 Å². The Labute approximate surface area is 174 Å². The monoisotopic (exact) mass is 408 g/mol. The van der Waals surface area contributed by atoms with Crippen molar-refractivity contribution in [3.05, 3.63) is 76.7 Å². The minimum Gasteiger partial charge on any atom is -0.347 e. The second kappa shape index (κ2) is 8.41. The van der Waals surface area contributed by atoms with Crippen molar-refractivity contribution in [1.82, 2.24) is 5.32 Å². The summed E-state index contributed by atoms with van der Waals surface area (Å²) in [7, 11) is 0. The molecular weight excluding hydrogens is 384 g/mol. The maximum Gasteiger partial charge on any atom is 0.261 e. The van der Waals surface area contributed by atoms with Gasteiger partial charge < -0.3 is 10.2 Å². The maximum atomic E-state index is 12.6. The summed E-state index contributed by atoms with van der Waals surface area (Å²) in [5.74, 6) is -0.0106. The maximum absolute atomic E-state index is 12.6. The molecule has 144 valence electrons. The Kier molecular flexibility index (Phi) is 5.74. The van der Waals surface area contributed by atoms with Gasteiger partial charge in [-0.3, -0.25) is 4.79 Å². The zero-order valence-electron chi connectivity index (χ0n) is 16.1. The van der Waals surface area contributed by atoms with E-state index in [1.165, 1.54) is 16.1 Å². The summed E-state index contributed by atoms with van der Waals surface area (Å²) in [6.07, 6.45) is 1.03. The van der Waals surface area contributed by atoms with Gasteiger partial charge in [-0.2, -0.15) is 0 Å². The number of carbonyl (C=O) groups is 1. The summed E-state index contributed by atoms with van der Waals surface area (Å²) in [5, 5.41) is 4.68. The first-order valence-corrected chi connectivity index (χ1v) is 11.3. The fraction of sp³-hybridized carbons (Fsp3) is 0.261. The molecule has 0 bridgehead atoms. The van der Waals surface area contributed by atoms with Gasteiger partial charge in [0, 0.05) is 23.2 Å². The minimum atomic E-state index is -0.0106. The average molecular weight is 409 g/mol. The van der Waals surface area contributed by atoms with Crippen molar-refractivity contribution in [3.8, 4) is 0 Å². The molecule has 1 aliphatic heterocycles. The minimum absolute atomic E-state index is 0.0106. The molecular formula is C23H24N2OS2. The van der Waals surface area contributed by atoms with E-state index in [2.05, 4.69) is 78.7 Å². The lowest BCUT2D eigenvalue weighted by molar-refractivity contribution is 0.0955. The van der Waals surface area contributed by atoms with E-state index in [-0.39, 0.29) is 5.91 Å². The summed E-state index contributed by atoms with van der Waals surface area (Å²) < 4.78 is 0. The second-order valence-electron chi connectivity index (χ2n) is 7.00. The molecule has 0 spiro atoms. The average Bonchev–Trinajstić information content (AvgIpc) is 3.22. The van der Waals surface area contributed by atoms with Crippen molar-refractivity contribution in [3.63, 3.8) is 0 Å². The Balaban J connectivity index is 1.46. The van der Waals surface area contributed by atoms with E-state index in [4.69, 9.17) is 0 Å². The van der Waals surface area contributed by atoms with Crippen LogP contribution in [0.2, 0.25) is 0 Å². The lowest BCUT2D eigenvalue weighted by Gasteiger charge is -2.33. The van der Waals surface area contributed by atoms with Gasteiger partial charge in [0.15, 0.2) is 0 Å². The first-order valence-electron chi connectivity index (χ1n) is 9.63. The van der Waals surface area contributed by atoms with Crippen LogP contribution in [0.25, 0.3) is 0 Å². The van der Waals surface area contributed by atoms with Crippen molar-refractivity contribution in [2.75, 3.05) is 11.4 Å². The van der Waals surface area contributed by atoms with Crippen molar-refractivity contribution in [1.29, 1.82) is 0 Å². The summed E-state index contributed by atoms with van der Waals surface area (Å²) in [4.78, 5) is 17.0. The van der Waals surface area contributed by atoms with E-state index >= 15 is 0 Å². The number of aryl methyl sites for hydroxylation is 1. The number of nitrogens with one attached hydrogen (secondary N) is 1. The number of fused-ring (bicyclic) bond motifs is 1. The van der Waals surface area contributed by atoms with Crippen LogP contribution in [0.4, 0.5) is 10.7 Å². The molecule has 3 nitrogen and oxygen atoms in total. The third-order valence-corrected chi connectivity index (χ3v) is 7.15. The summed E-state index contributed by atoms with van der Waals surface area (Å²) >= 11 is 3.47. The number of hydrogen-bond acceptors (Lipinski definition) is 4. The van der Waals surface area contributed by atoms with Crippen molar-refractivity contribution in [2.24, 2.45) is 0 Å². The van der Waals surface area contributed by atoms with Gasteiger partial charge in [-0.1, -0.05) is 50.2 Å². The van der Waals surface area contributed by atoms with E-state index in [0.717, 1.165) is 28.4 Å². The number of amides is 1. The number of thioether (sulfide) groups is 1. The van der Waals surface area contributed by atoms with Gasteiger partial charge in [-0.05, 0) is 41.8 Å². The first-order chi connectivity index (χ1) is 13.6. The molecule has 1 atom stereocenters. The molecule has 2 aromatic carbocycles. The van der Waals surface area contributed by atoms with E-state index < -0.39 is 0 Å². The number of para-hydroxylation sites is 1. The lowest BCUT2D eigenvalue weighted by Crippen LogP contribution is -2.28. The number of nitrogens with zero attached hydrogens (tertiary/aromatic N) is 1. The van der Waals surface area contributed by atoms with Crippen LogP contribution in [0.5, 0.6) is 0 Å². The van der Waals surface area contributed by atoms with Gasteiger partial charge in [-0.25, -0.2) is 0 Å². The van der Waals surface area contributed by atoms with E-state index in [9.17, 15) is 4.79 Å². The van der Waals surface area contributed by atoms with Crippen LogP contribution < -0.4 is 10.2 Å². The highest BCUT2D eigenvalue weighted by molar-refractivity contribution is 8.00. The number of rotatable bonds is 5. The second-order valence-corrected chi connectivity index (χ2v) is 9.54. The van der Waals surface area contributed by atoms with Crippen molar-refractivity contribution in [2.45, 2.75) is 37.0 Å². The van der Waals surface area contributed by atoms with Gasteiger partial charge in [0.05, 0.1) is 15.6 Å². The third-order valence-electron chi connectivity index (χ3n) is 4.89. The van der Waals surface area contributed by atoms with Crippen molar-refractivity contribution < 1.29 is 4.79 Å². The Bertz CT molecular complexity index is 965. The molecule has 5 heteroatoms. The number of anilines is 2. The van der Waals surface area contributed by atoms with Crippen LogP contribution in [-0.2, 0) is 13.0 Å². The summed E-state index contributed by atoms with van der Waals surface area (Å²) in [5.41, 5.74) is 3.67. The van der Waals surface area contributed by atoms with Crippen LogP contribution in [-0.4, -0.2) is 17.7 Å². The van der Waals surface area contributed by atoms with Crippen LogP contribution in [0.3, 0.4) is 0 Å². The largest absolute Gasteiger partial charge is 0.347 e. The molecule has 0 saturated heterocycles. The molecule has 1 unspecified atom stereocenters. The van der Waals surface area contributed by atoms with Gasteiger partial charge in [0.1, 0.15) is 0 Å². The fourth-order valence-corrected chi connectivity index (χ4v) is 5.41. The predicted octanol–water partition coefficient (Wildman–Crippen LogP) is 5.87. The first kappa shape index (κ1) is 19.1. The Morgan fingerprint density at radius 2 is 1.82 bits per heavy atom. The number of thiophene rings is 1. The molecule has 1 aromatic heterocycles. The lowest BCUT2D eigenvalue weighted by atomic mass is 10.1. The number of hydrogen-bond donors (Lipinski definition) is 1. The Morgan fingerprint density at radius 1 is 1.07 bits per heavy atom. The molecule has 1 amide bonds. The van der Waals surface area contributed by atoms with Crippen molar-refractivity contribution >= 4 is 39.7 Å². The SMILES string of the molecule is CCc1ccc(CNC(=O)c2ccc(N3CC(C)Sc4ccccc43)s2)cc1. The van der Waals surface area contributed by atoms with E-state index in [1.54, 1.807) is 11.3 Å².